The van der Waals surface area contributed by atoms with Crippen molar-refractivity contribution >= 4 is 13.7 Å². The number of hydrogen-bond donors (Lipinski definition) is 1. The van der Waals surface area contributed by atoms with E-state index in [2.05, 4.69) is 5.32 Å². The maximum atomic E-state index is 12.7. The molecule has 0 aliphatic rings. The molecule has 0 unspecified atom stereocenters. The third-order valence-corrected chi connectivity index (χ3v) is 5.29. The van der Waals surface area contributed by atoms with E-state index in [-0.39, 0.29) is 0 Å². The smallest absolute Gasteiger partial charge is 0.408 e. The number of carbonyl (C=O) groups excluding carboxylic acids is 1. The lowest BCUT2D eigenvalue weighted by molar-refractivity contribution is 0.0510. The second-order valence-corrected chi connectivity index (χ2v) is 8.52. The molecule has 0 fully saturated rings. The molecule has 6 nitrogen and oxygen atoms in total. The van der Waals surface area contributed by atoms with Crippen LogP contribution < -0.4 is 5.32 Å². The first-order valence-corrected chi connectivity index (χ1v) is 9.06. The number of rotatable bonds is 7. The number of amides is 1. The van der Waals surface area contributed by atoms with Gasteiger partial charge in [0.05, 0.1) is 0 Å². The van der Waals surface area contributed by atoms with Gasteiger partial charge in [-0.15, -0.1) is 0 Å². The third-order valence-electron chi connectivity index (χ3n) is 3.12. The minimum atomic E-state index is -3.46. The molecule has 130 valence electrons. The molecule has 1 aromatic rings. The average molecular weight is 343 g/mol. The van der Waals surface area contributed by atoms with Gasteiger partial charge in [0.1, 0.15) is 11.4 Å². The number of hydrogen-bond acceptors (Lipinski definition) is 5. The Labute approximate surface area is 138 Å². The molecule has 0 bridgehead atoms. The zero-order valence-corrected chi connectivity index (χ0v) is 15.3. The Kier molecular flexibility index (Phi) is 7.26. The van der Waals surface area contributed by atoms with Crippen LogP contribution in [0.2, 0.25) is 0 Å². The van der Waals surface area contributed by atoms with Crippen molar-refractivity contribution < 1.29 is 23.1 Å². The molecule has 0 aliphatic heterocycles. The predicted molar refractivity (Wildman–Crippen MR) is 89.5 cm³/mol. The lowest BCUT2D eigenvalue weighted by Gasteiger charge is -2.27. The number of carbonyl (C=O) groups is 1. The van der Waals surface area contributed by atoms with E-state index in [4.69, 9.17) is 13.8 Å². The quantitative estimate of drug-likeness (QED) is 0.759. The Morgan fingerprint density at radius 3 is 2.22 bits per heavy atom. The number of alkyl carbamates (subject to hydrolysis) is 1. The summed E-state index contributed by atoms with van der Waals surface area (Å²) in [6.45, 7) is 5.29. The molecule has 0 aromatic heterocycles. The van der Waals surface area contributed by atoms with Crippen LogP contribution in [0.5, 0.6) is 0 Å². The molecule has 0 heterocycles. The fraction of sp³-hybridized carbons (Fsp3) is 0.562. The van der Waals surface area contributed by atoms with Gasteiger partial charge in [0.2, 0.25) is 0 Å². The second-order valence-electron chi connectivity index (χ2n) is 6.09. The molecule has 1 aromatic carbocycles. The molecule has 1 N–H and O–H groups in total. The van der Waals surface area contributed by atoms with Gasteiger partial charge in [0, 0.05) is 14.2 Å². The van der Waals surface area contributed by atoms with Crippen LogP contribution in [-0.4, -0.2) is 31.7 Å². The van der Waals surface area contributed by atoms with Crippen molar-refractivity contribution in [3.63, 3.8) is 0 Å². The van der Waals surface area contributed by atoms with Gasteiger partial charge in [-0.2, -0.15) is 0 Å². The van der Waals surface area contributed by atoms with E-state index in [9.17, 15) is 9.36 Å². The van der Waals surface area contributed by atoms with Gasteiger partial charge in [-0.25, -0.2) is 4.79 Å². The van der Waals surface area contributed by atoms with Crippen molar-refractivity contribution in [2.45, 2.75) is 45.0 Å². The summed E-state index contributed by atoms with van der Waals surface area (Å²) in [6.07, 6.45) is 0.380. The van der Waals surface area contributed by atoms with Crippen LogP contribution >= 0.6 is 7.60 Å². The van der Waals surface area contributed by atoms with Crippen LogP contribution in [0.1, 0.15) is 32.8 Å². The summed E-state index contributed by atoms with van der Waals surface area (Å²) in [7, 11) is -0.855. The average Bonchev–Trinajstić information content (AvgIpc) is 2.49. The van der Waals surface area contributed by atoms with E-state index in [1.165, 1.54) is 14.2 Å². The van der Waals surface area contributed by atoms with Crippen LogP contribution in [0, 0.1) is 0 Å². The number of benzene rings is 1. The van der Waals surface area contributed by atoms with Gasteiger partial charge in [-0.05, 0) is 39.2 Å². The van der Waals surface area contributed by atoms with Crippen molar-refractivity contribution in [2.75, 3.05) is 14.2 Å². The molecule has 0 spiro atoms. The highest BCUT2D eigenvalue weighted by Gasteiger charge is 2.36. The summed E-state index contributed by atoms with van der Waals surface area (Å²) in [5.74, 6) is -0.785. The summed E-state index contributed by atoms with van der Waals surface area (Å²) < 4.78 is 27.9. The number of nitrogens with one attached hydrogen (secondary N) is 1. The second kappa shape index (κ2) is 8.48. The van der Waals surface area contributed by atoms with Crippen LogP contribution in [0.25, 0.3) is 0 Å². The van der Waals surface area contributed by atoms with Crippen molar-refractivity contribution in [3.05, 3.63) is 35.9 Å². The van der Waals surface area contributed by atoms with E-state index in [0.29, 0.717) is 12.8 Å². The fourth-order valence-corrected chi connectivity index (χ4v) is 3.40. The van der Waals surface area contributed by atoms with E-state index >= 15 is 0 Å². The highest BCUT2D eigenvalue weighted by molar-refractivity contribution is 7.54. The highest BCUT2D eigenvalue weighted by atomic mass is 31.2. The SMILES string of the molecule is COP(=O)(OC)[C@H](CCc1ccccc1)NC(=O)OC(C)(C)C. The topological polar surface area (TPSA) is 73.9 Å². The molecule has 1 rings (SSSR count). The Morgan fingerprint density at radius 2 is 1.74 bits per heavy atom. The third kappa shape index (κ3) is 6.73. The van der Waals surface area contributed by atoms with E-state index in [0.717, 1.165) is 5.56 Å². The minimum absolute atomic E-state index is 0.405. The lowest BCUT2D eigenvalue weighted by Crippen LogP contribution is -2.39. The van der Waals surface area contributed by atoms with E-state index < -0.39 is 25.1 Å². The summed E-state index contributed by atoms with van der Waals surface area (Å²) in [5, 5.41) is 2.61. The Morgan fingerprint density at radius 1 is 1.17 bits per heavy atom. The van der Waals surface area contributed by atoms with Crippen LogP contribution in [0.3, 0.4) is 0 Å². The van der Waals surface area contributed by atoms with Crippen molar-refractivity contribution in [1.29, 1.82) is 0 Å². The standard InChI is InChI=1S/C16H26NO5P/c1-16(2,3)22-15(18)17-14(23(19,20-4)21-5)12-11-13-9-7-6-8-10-13/h6-10,14H,11-12H2,1-5H3,(H,17,18)/t14-/m1/s1. The molecule has 1 atom stereocenters. The zero-order chi connectivity index (χ0) is 17.5. The van der Waals surface area contributed by atoms with Crippen molar-refractivity contribution in [3.8, 4) is 0 Å². The van der Waals surface area contributed by atoms with E-state index in [1.54, 1.807) is 20.8 Å². The molecule has 1 amide bonds. The lowest BCUT2D eigenvalue weighted by atomic mass is 10.1. The Balaban J connectivity index is 2.81. The van der Waals surface area contributed by atoms with Crippen molar-refractivity contribution in [2.24, 2.45) is 0 Å². The first kappa shape index (κ1) is 19.7. The first-order valence-electron chi connectivity index (χ1n) is 7.45. The van der Waals surface area contributed by atoms with Gasteiger partial charge in [0.25, 0.3) is 0 Å². The summed E-state index contributed by atoms with van der Waals surface area (Å²) >= 11 is 0. The van der Waals surface area contributed by atoms with Gasteiger partial charge >= 0.3 is 13.7 Å². The Bertz CT molecular complexity index is 533. The molecule has 0 aliphatic carbocycles. The summed E-state index contributed by atoms with van der Waals surface area (Å²) in [6, 6.07) is 9.72. The Hall–Kier alpha value is -1.36. The van der Waals surface area contributed by atoms with Crippen molar-refractivity contribution in [1.82, 2.24) is 5.32 Å². The van der Waals surface area contributed by atoms with Crippen LogP contribution in [0.4, 0.5) is 4.79 Å². The maximum absolute atomic E-state index is 12.7. The largest absolute Gasteiger partial charge is 0.444 e. The van der Waals surface area contributed by atoms with Crippen LogP contribution in [0.15, 0.2) is 30.3 Å². The molecule has 0 saturated carbocycles. The normalized spacial score (nSPS) is 13.4. The fourth-order valence-electron chi connectivity index (χ4n) is 2.03. The van der Waals surface area contributed by atoms with Gasteiger partial charge in [-0.1, -0.05) is 30.3 Å². The van der Waals surface area contributed by atoms with Gasteiger partial charge in [-0.3, -0.25) is 4.57 Å². The molecular weight excluding hydrogens is 317 g/mol. The highest BCUT2D eigenvalue weighted by Crippen LogP contribution is 2.52. The molecule has 7 heteroatoms. The molecule has 23 heavy (non-hydrogen) atoms. The van der Waals surface area contributed by atoms with Gasteiger partial charge < -0.3 is 19.1 Å². The zero-order valence-electron chi connectivity index (χ0n) is 14.4. The predicted octanol–water partition coefficient (Wildman–Crippen LogP) is 3.96. The first-order chi connectivity index (χ1) is 10.7. The van der Waals surface area contributed by atoms with Gasteiger partial charge in [0.15, 0.2) is 0 Å². The molecule has 0 saturated heterocycles. The summed E-state index contributed by atoms with van der Waals surface area (Å²) in [4.78, 5) is 12.0. The molecule has 0 radical (unpaired) electrons. The summed E-state index contributed by atoms with van der Waals surface area (Å²) in [5.41, 5.74) is 0.431. The minimum Gasteiger partial charge on any atom is -0.444 e. The maximum Gasteiger partial charge on any atom is 0.408 e. The monoisotopic (exact) mass is 343 g/mol. The van der Waals surface area contributed by atoms with E-state index in [1.807, 2.05) is 30.3 Å². The number of ether oxygens (including phenoxy) is 1. The van der Waals surface area contributed by atoms with Crippen LogP contribution in [-0.2, 0) is 24.8 Å². The molecular formula is C16H26NO5P. The number of aryl methyl sites for hydroxylation is 1.